The summed E-state index contributed by atoms with van der Waals surface area (Å²) >= 11 is 7.93. The molecule has 0 fully saturated rings. The summed E-state index contributed by atoms with van der Waals surface area (Å²) < 4.78 is 29.5. The van der Waals surface area contributed by atoms with Gasteiger partial charge in [0.05, 0.1) is 3.79 Å². The molecule has 1 unspecified atom stereocenters. The van der Waals surface area contributed by atoms with Crippen LogP contribution in [0, 0.1) is 6.92 Å². The summed E-state index contributed by atoms with van der Waals surface area (Å²) in [6, 6.07) is 8.97. The second-order valence-electron chi connectivity index (χ2n) is 4.42. The molecule has 0 amide bonds. The summed E-state index contributed by atoms with van der Waals surface area (Å²) in [4.78, 5) is 0. The Hall–Kier alpha value is -0.210. The zero-order chi connectivity index (χ0) is 14.9. The van der Waals surface area contributed by atoms with Gasteiger partial charge in [-0.3, -0.25) is 0 Å². The van der Waals surface area contributed by atoms with Crippen LogP contribution >= 0.6 is 43.2 Å². The van der Waals surface area contributed by atoms with Gasteiger partial charge in [0.1, 0.15) is 4.21 Å². The van der Waals surface area contributed by atoms with Crippen molar-refractivity contribution in [2.45, 2.75) is 24.1 Å². The molecular weight excluding hydrogens is 426 g/mol. The molecule has 2 rings (SSSR count). The highest BCUT2D eigenvalue weighted by Crippen LogP contribution is 2.31. The molecule has 1 aromatic heterocycles. The standard InChI is InChI=1S/C13H13Br2NO2S2/c1-8-7-12(19-13(8)15)20(17,18)16-9(2)10-3-5-11(14)6-4-10/h3-7,9,16H,1-2H3. The topological polar surface area (TPSA) is 46.2 Å². The second-order valence-corrected chi connectivity index (χ2v) is 9.64. The van der Waals surface area contributed by atoms with Crippen molar-refractivity contribution in [2.75, 3.05) is 0 Å². The smallest absolute Gasteiger partial charge is 0.206 e. The van der Waals surface area contributed by atoms with E-state index in [1.807, 2.05) is 38.1 Å². The number of hydrogen-bond acceptors (Lipinski definition) is 3. The van der Waals surface area contributed by atoms with Crippen molar-refractivity contribution in [1.82, 2.24) is 4.72 Å². The first-order chi connectivity index (χ1) is 9.29. The molecule has 1 N–H and O–H groups in total. The monoisotopic (exact) mass is 437 g/mol. The molecule has 0 aliphatic carbocycles. The summed E-state index contributed by atoms with van der Waals surface area (Å²) in [6.45, 7) is 3.70. The minimum atomic E-state index is -3.49. The van der Waals surface area contributed by atoms with Gasteiger partial charge in [-0.05, 0) is 59.1 Å². The summed E-state index contributed by atoms with van der Waals surface area (Å²) in [5.74, 6) is 0. The lowest BCUT2D eigenvalue weighted by atomic mass is 10.1. The first-order valence-corrected chi connectivity index (χ1v) is 9.72. The van der Waals surface area contributed by atoms with Gasteiger partial charge in [-0.25, -0.2) is 13.1 Å². The molecular formula is C13H13Br2NO2S2. The maximum atomic E-state index is 12.3. The van der Waals surface area contributed by atoms with Gasteiger partial charge in [0, 0.05) is 10.5 Å². The van der Waals surface area contributed by atoms with E-state index in [2.05, 4.69) is 36.6 Å². The summed E-state index contributed by atoms with van der Waals surface area (Å²) in [7, 11) is -3.49. The lowest BCUT2D eigenvalue weighted by Crippen LogP contribution is -2.26. The molecule has 3 nitrogen and oxygen atoms in total. The van der Waals surface area contributed by atoms with Gasteiger partial charge in [0.2, 0.25) is 0 Å². The normalized spacial score (nSPS) is 13.4. The van der Waals surface area contributed by atoms with Crippen LogP contribution in [0.1, 0.15) is 24.1 Å². The van der Waals surface area contributed by atoms with E-state index in [1.54, 1.807) is 6.07 Å². The molecule has 20 heavy (non-hydrogen) atoms. The van der Waals surface area contributed by atoms with Gasteiger partial charge in [-0.1, -0.05) is 28.1 Å². The highest BCUT2D eigenvalue weighted by Gasteiger charge is 2.21. The van der Waals surface area contributed by atoms with E-state index in [-0.39, 0.29) is 6.04 Å². The Bertz CT molecular complexity index is 689. The van der Waals surface area contributed by atoms with Crippen LogP contribution in [-0.4, -0.2) is 8.42 Å². The highest BCUT2D eigenvalue weighted by atomic mass is 79.9. The molecule has 1 atom stereocenters. The fraction of sp³-hybridized carbons (Fsp3) is 0.231. The van der Waals surface area contributed by atoms with Crippen LogP contribution in [0.2, 0.25) is 0 Å². The number of rotatable bonds is 4. The van der Waals surface area contributed by atoms with E-state index >= 15 is 0 Å². The zero-order valence-electron chi connectivity index (χ0n) is 10.9. The van der Waals surface area contributed by atoms with E-state index in [0.29, 0.717) is 4.21 Å². The fourth-order valence-electron chi connectivity index (χ4n) is 1.67. The quantitative estimate of drug-likeness (QED) is 0.756. The van der Waals surface area contributed by atoms with E-state index in [9.17, 15) is 8.42 Å². The zero-order valence-corrected chi connectivity index (χ0v) is 15.7. The maximum Gasteiger partial charge on any atom is 0.250 e. The maximum absolute atomic E-state index is 12.3. The van der Waals surface area contributed by atoms with Crippen molar-refractivity contribution in [3.8, 4) is 0 Å². The largest absolute Gasteiger partial charge is 0.250 e. The molecule has 108 valence electrons. The summed E-state index contributed by atoms with van der Waals surface area (Å²) in [6.07, 6.45) is 0. The number of aryl methyl sites for hydroxylation is 1. The van der Waals surface area contributed by atoms with Crippen LogP contribution < -0.4 is 4.72 Å². The molecule has 1 heterocycles. The average Bonchev–Trinajstić information content (AvgIpc) is 2.71. The Morgan fingerprint density at radius 2 is 1.80 bits per heavy atom. The van der Waals surface area contributed by atoms with Crippen LogP contribution in [0.15, 0.2) is 42.8 Å². The Morgan fingerprint density at radius 3 is 2.30 bits per heavy atom. The summed E-state index contributed by atoms with van der Waals surface area (Å²) in [5, 5.41) is 0. The number of nitrogens with one attached hydrogen (secondary N) is 1. The second kappa shape index (κ2) is 6.27. The van der Waals surface area contributed by atoms with E-state index < -0.39 is 10.0 Å². The molecule has 0 aliphatic rings. The number of sulfonamides is 1. The van der Waals surface area contributed by atoms with Gasteiger partial charge in [0.25, 0.3) is 10.0 Å². The van der Waals surface area contributed by atoms with Crippen LogP contribution in [0.4, 0.5) is 0 Å². The Kier molecular flexibility index (Phi) is 5.07. The highest BCUT2D eigenvalue weighted by molar-refractivity contribution is 9.11. The molecule has 0 bridgehead atoms. The van der Waals surface area contributed by atoms with Crippen molar-refractivity contribution < 1.29 is 8.42 Å². The predicted molar refractivity (Wildman–Crippen MR) is 89.6 cm³/mol. The van der Waals surface area contributed by atoms with Crippen LogP contribution in [0.5, 0.6) is 0 Å². The van der Waals surface area contributed by atoms with Crippen LogP contribution in [-0.2, 0) is 10.0 Å². The Morgan fingerprint density at radius 1 is 1.20 bits per heavy atom. The molecule has 7 heteroatoms. The molecule has 0 radical (unpaired) electrons. The van der Waals surface area contributed by atoms with Crippen molar-refractivity contribution in [2.24, 2.45) is 0 Å². The number of thiophene rings is 1. The molecule has 0 spiro atoms. The molecule has 2 aromatic rings. The van der Waals surface area contributed by atoms with Crippen LogP contribution in [0.25, 0.3) is 0 Å². The average molecular weight is 439 g/mol. The third-order valence-electron chi connectivity index (χ3n) is 2.80. The molecule has 1 aromatic carbocycles. The van der Waals surface area contributed by atoms with E-state index in [1.165, 1.54) is 11.3 Å². The molecule has 0 saturated heterocycles. The van der Waals surface area contributed by atoms with Crippen molar-refractivity contribution in [3.05, 3.63) is 49.7 Å². The lowest BCUT2D eigenvalue weighted by Gasteiger charge is -2.13. The number of hydrogen-bond donors (Lipinski definition) is 1. The minimum Gasteiger partial charge on any atom is -0.206 e. The Balaban J connectivity index is 2.21. The first kappa shape index (κ1) is 16.2. The predicted octanol–water partition coefficient (Wildman–Crippen LogP) is 4.62. The van der Waals surface area contributed by atoms with E-state index in [4.69, 9.17) is 0 Å². The third-order valence-corrected chi connectivity index (χ3v) is 7.48. The SMILES string of the molecule is Cc1cc(S(=O)(=O)NC(C)c2ccc(Br)cc2)sc1Br. The Labute approximate surface area is 139 Å². The van der Waals surface area contributed by atoms with Crippen molar-refractivity contribution in [3.63, 3.8) is 0 Å². The minimum absolute atomic E-state index is 0.283. The van der Waals surface area contributed by atoms with Crippen molar-refractivity contribution in [1.29, 1.82) is 0 Å². The van der Waals surface area contributed by atoms with Gasteiger partial charge in [-0.2, -0.15) is 0 Å². The van der Waals surface area contributed by atoms with Gasteiger partial charge < -0.3 is 0 Å². The molecule has 0 aliphatic heterocycles. The van der Waals surface area contributed by atoms with Gasteiger partial charge in [0.15, 0.2) is 0 Å². The van der Waals surface area contributed by atoms with Crippen molar-refractivity contribution >= 4 is 53.2 Å². The fourth-order valence-corrected chi connectivity index (χ4v) is 5.41. The number of halogens is 2. The summed E-state index contributed by atoms with van der Waals surface area (Å²) in [5.41, 5.74) is 1.84. The third kappa shape index (κ3) is 3.71. The van der Waals surface area contributed by atoms with Gasteiger partial charge in [-0.15, -0.1) is 11.3 Å². The van der Waals surface area contributed by atoms with E-state index in [0.717, 1.165) is 19.4 Å². The lowest BCUT2D eigenvalue weighted by molar-refractivity contribution is 0.569. The van der Waals surface area contributed by atoms with Crippen LogP contribution in [0.3, 0.4) is 0 Å². The first-order valence-electron chi connectivity index (χ1n) is 5.83. The van der Waals surface area contributed by atoms with Gasteiger partial charge >= 0.3 is 0 Å². The number of benzene rings is 1. The molecule has 0 saturated carbocycles.